The number of hydrogen-bond acceptors (Lipinski definition) is 10. The van der Waals surface area contributed by atoms with E-state index >= 15 is 0 Å². The molecule has 4 heterocycles. The van der Waals surface area contributed by atoms with Crippen LogP contribution >= 0.6 is 23.1 Å². The van der Waals surface area contributed by atoms with E-state index in [1.807, 2.05) is 23.8 Å². The lowest BCUT2D eigenvalue weighted by molar-refractivity contribution is -0.182. The van der Waals surface area contributed by atoms with Crippen LogP contribution in [-0.2, 0) is 23.8 Å². The molecule has 0 bridgehead atoms. The largest absolute Gasteiger partial charge is 0.511 e. The Morgan fingerprint density at radius 1 is 1.17 bits per heavy atom. The van der Waals surface area contributed by atoms with E-state index in [0.717, 1.165) is 14.7 Å². The van der Waals surface area contributed by atoms with E-state index in [2.05, 4.69) is 4.98 Å². The molecule has 1 unspecified atom stereocenters. The van der Waals surface area contributed by atoms with Crippen LogP contribution in [0.15, 0.2) is 23.2 Å². The van der Waals surface area contributed by atoms with Crippen LogP contribution in [0.5, 0.6) is 0 Å². The van der Waals surface area contributed by atoms with E-state index in [4.69, 9.17) is 14.2 Å². The molecule has 1 amide bonds. The number of nitrogens with zero attached hydrogens (tertiary/aromatic N) is 3. The van der Waals surface area contributed by atoms with Gasteiger partial charge in [0.1, 0.15) is 21.9 Å². The summed E-state index contributed by atoms with van der Waals surface area (Å²) < 4.78 is 17.8. The number of imidazole rings is 1. The van der Waals surface area contributed by atoms with E-state index in [1.165, 1.54) is 28.0 Å². The third-order valence-electron chi connectivity index (χ3n) is 6.32. The fourth-order valence-electron chi connectivity index (χ4n) is 4.70. The number of ether oxygens (including phenoxy) is 3. The molecule has 2 aliphatic heterocycles. The van der Waals surface area contributed by atoms with Crippen LogP contribution in [-0.4, -0.2) is 68.2 Å². The van der Waals surface area contributed by atoms with E-state index in [9.17, 15) is 19.5 Å². The van der Waals surface area contributed by atoms with Crippen LogP contribution in [0.3, 0.4) is 0 Å². The highest BCUT2D eigenvalue weighted by atomic mass is 32.2. The smallest absolute Gasteiger partial charge is 0.431 e. The summed E-state index contributed by atoms with van der Waals surface area (Å²) in [5, 5.41) is 11.1. The molecule has 196 valence electrons. The summed E-state index contributed by atoms with van der Waals surface area (Å²) in [5.41, 5.74) is 0.776. The molecule has 1 fully saturated rings. The van der Waals surface area contributed by atoms with Gasteiger partial charge in [0, 0.05) is 23.6 Å². The number of thioether (sulfide) groups is 1. The first-order valence-electron chi connectivity index (χ1n) is 11.8. The van der Waals surface area contributed by atoms with Crippen molar-refractivity contribution in [2.75, 3.05) is 6.26 Å². The predicted octanol–water partition coefficient (Wildman–Crippen LogP) is 3.77. The lowest BCUT2D eigenvalue weighted by Crippen LogP contribution is -2.63. The van der Waals surface area contributed by atoms with E-state index in [0.29, 0.717) is 5.57 Å². The molecule has 0 radical (unpaired) electrons. The average molecular weight is 538 g/mol. The minimum Gasteiger partial charge on any atom is -0.431 e. The van der Waals surface area contributed by atoms with Crippen molar-refractivity contribution in [3.63, 3.8) is 0 Å². The minimum absolute atomic E-state index is 0.115. The van der Waals surface area contributed by atoms with Crippen molar-refractivity contribution in [3.8, 4) is 0 Å². The summed E-state index contributed by atoms with van der Waals surface area (Å²) in [6.07, 6.45) is 2.13. The van der Waals surface area contributed by atoms with Crippen molar-refractivity contribution in [2.45, 2.75) is 71.1 Å². The zero-order valence-corrected chi connectivity index (χ0v) is 22.9. The highest BCUT2D eigenvalue weighted by Crippen LogP contribution is 2.52. The number of aromatic nitrogens is 2. The first-order valence-corrected chi connectivity index (χ1v) is 13.8. The molecule has 4 rings (SSSR count). The number of thiazole rings is 1. The van der Waals surface area contributed by atoms with Crippen LogP contribution in [0, 0.1) is 17.8 Å². The number of esters is 1. The van der Waals surface area contributed by atoms with Crippen molar-refractivity contribution < 1.29 is 33.7 Å². The number of amides is 1. The maximum Gasteiger partial charge on any atom is 0.511 e. The van der Waals surface area contributed by atoms with Gasteiger partial charge in [0.15, 0.2) is 0 Å². The number of rotatable bonds is 8. The Bertz CT molecular complexity index is 1220. The zero-order valence-electron chi connectivity index (χ0n) is 21.3. The summed E-state index contributed by atoms with van der Waals surface area (Å²) in [6, 6.07) is -0.376. The summed E-state index contributed by atoms with van der Waals surface area (Å²) in [5.74, 6) is -2.31. The van der Waals surface area contributed by atoms with Gasteiger partial charge in [0.2, 0.25) is 5.91 Å². The number of aliphatic hydroxyl groups excluding tert-OH is 1. The van der Waals surface area contributed by atoms with Gasteiger partial charge in [-0.3, -0.25) is 9.20 Å². The summed E-state index contributed by atoms with van der Waals surface area (Å²) in [4.78, 5) is 46.3. The van der Waals surface area contributed by atoms with E-state index < -0.39 is 36.5 Å². The van der Waals surface area contributed by atoms with Gasteiger partial charge in [0.05, 0.1) is 29.0 Å². The highest BCUT2D eigenvalue weighted by Gasteiger charge is 2.60. The molecule has 2 aliphatic rings. The fourth-order valence-corrected chi connectivity index (χ4v) is 6.62. The molecule has 2 aromatic heterocycles. The molecule has 5 atom stereocenters. The Labute approximate surface area is 217 Å². The maximum atomic E-state index is 13.6. The van der Waals surface area contributed by atoms with Crippen molar-refractivity contribution in [3.05, 3.63) is 23.1 Å². The van der Waals surface area contributed by atoms with Gasteiger partial charge in [-0.1, -0.05) is 20.8 Å². The number of aliphatic hydroxyl groups is 1. The van der Waals surface area contributed by atoms with Gasteiger partial charge in [-0.25, -0.2) is 14.6 Å². The molecular formula is C24H31N3O7S2. The first kappa shape index (κ1) is 26.5. The predicted molar refractivity (Wildman–Crippen MR) is 134 cm³/mol. The summed E-state index contributed by atoms with van der Waals surface area (Å²) in [7, 11) is 0. The van der Waals surface area contributed by atoms with Crippen molar-refractivity contribution in [1.29, 1.82) is 0 Å². The molecule has 10 nitrogen and oxygen atoms in total. The molecule has 0 aliphatic carbocycles. The zero-order chi connectivity index (χ0) is 26.5. The fraction of sp³-hybridized carbons (Fsp3) is 0.583. The van der Waals surface area contributed by atoms with Gasteiger partial charge in [-0.2, -0.15) is 0 Å². The Balaban J connectivity index is 1.72. The molecule has 2 aromatic rings. The number of carbonyl (C=O) groups is 3. The van der Waals surface area contributed by atoms with Crippen molar-refractivity contribution >= 4 is 51.5 Å². The molecule has 0 spiro atoms. The molecule has 0 saturated carbocycles. The number of β-lactam (4-membered cyclic amide) rings is 1. The molecular weight excluding hydrogens is 506 g/mol. The SMILES string of the molecule is CSc1ncn2cc(C3=C(C(=O)OC(OC(=O)OC(C)C)C(C)C)N4C(=O)[C@H]([C@@H](C)O)[C@H]4[C@H]3C)sc12. The number of hydrogen-bond donors (Lipinski definition) is 1. The van der Waals surface area contributed by atoms with E-state index in [1.54, 1.807) is 40.9 Å². The van der Waals surface area contributed by atoms with Crippen LogP contribution in [0.2, 0.25) is 0 Å². The minimum atomic E-state index is -1.21. The van der Waals surface area contributed by atoms with E-state index in [-0.39, 0.29) is 29.5 Å². The van der Waals surface area contributed by atoms with Gasteiger partial charge in [0.25, 0.3) is 6.29 Å². The second-order valence-corrected chi connectivity index (χ2v) is 11.5. The van der Waals surface area contributed by atoms with Crippen LogP contribution in [0.25, 0.3) is 10.4 Å². The van der Waals surface area contributed by atoms with Crippen molar-refractivity contribution in [2.24, 2.45) is 17.8 Å². The molecule has 36 heavy (non-hydrogen) atoms. The Morgan fingerprint density at radius 2 is 1.86 bits per heavy atom. The topological polar surface area (TPSA) is 120 Å². The standard InChI is InChI=1S/C24H31N3O7S2/c1-10(2)23(34-24(31)32-11(3)4)33-22(30)18-15(12(5)17-16(13(6)28)20(29)27(17)18)14-8-26-9-25-19(35-7)21(26)36-14/h8-13,16-17,23,28H,1-7H3/t12-,13+,16+,17+,23?/m0/s1. The Hall–Kier alpha value is -2.57. The lowest BCUT2D eigenvalue weighted by Gasteiger charge is -2.46. The quantitative estimate of drug-likeness (QED) is 0.232. The molecule has 12 heteroatoms. The van der Waals surface area contributed by atoms with Gasteiger partial charge in [-0.05, 0) is 27.0 Å². The van der Waals surface area contributed by atoms with Crippen LogP contribution < -0.4 is 0 Å². The van der Waals surface area contributed by atoms with Gasteiger partial charge < -0.3 is 24.2 Å². The average Bonchev–Trinajstić information content (AvgIpc) is 3.41. The van der Waals surface area contributed by atoms with Gasteiger partial charge in [-0.15, -0.1) is 23.1 Å². The molecule has 1 saturated heterocycles. The molecule has 0 aromatic carbocycles. The first-order chi connectivity index (χ1) is 17.0. The maximum absolute atomic E-state index is 13.6. The third kappa shape index (κ3) is 4.50. The number of carbonyl (C=O) groups excluding carboxylic acids is 3. The second-order valence-electron chi connectivity index (χ2n) is 9.63. The normalized spacial score (nSPS) is 23.2. The van der Waals surface area contributed by atoms with Crippen molar-refractivity contribution in [1.82, 2.24) is 14.3 Å². The third-order valence-corrected chi connectivity index (χ3v) is 8.27. The van der Waals surface area contributed by atoms with Gasteiger partial charge >= 0.3 is 12.1 Å². The second kappa shape index (κ2) is 10.1. The summed E-state index contributed by atoms with van der Waals surface area (Å²) >= 11 is 2.99. The van der Waals surface area contributed by atoms with Crippen LogP contribution in [0.1, 0.15) is 46.4 Å². The summed E-state index contributed by atoms with van der Waals surface area (Å²) in [6.45, 7) is 10.4. The Morgan fingerprint density at radius 3 is 2.44 bits per heavy atom. The Kier molecular flexibility index (Phi) is 7.40. The highest BCUT2D eigenvalue weighted by molar-refractivity contribution is 7.98. The monoisotopic (exact) mass is 537 g/mol. The molecule has 1 N–H and O–H groups in total. The number of fused-ring (bicyclic) bond motifs is 2. The lowest BCUT2D eigenvalue weighted by atomic mass is 9.77. The van der Waals surface area contributed by atoms with Crippen LogP contribution in [0.4, 0.5) is 4.79 Å².